The van der Waals surface area contributed by atoms with Crippen LogP contribution >= 0.6 is 0 Å². The van der Waals surface area contributed by atoms with Gasteiger partial charge in [0.05, 0.1) is 0 Å². The first-order valence-electron chi connectivity index (χ1n) is 9.26. The van der Waals surface area contributed by atoms with Crippen molar-refractivity contribution < 1.29 is 4.79 Å². The van der Waals surface area contributed by atoms with Crippen LogP contribution in [0.4, 0.5) is 11.5 Å². The van der Waals surface area contributed by atoms with E-state index in [9.17, 15) is 4.79 Å². The fraction of sp³-hybridized carbons (Fsp3) is 0.217. The first-order chi connectivity index (χ1) is 13.1. The average Bonchev–Trinajstić information content (AvgIpc) is 2.70. The van der Waals surface area contributed by atoms with Crippen molar-refractivity contribution in [2.45, 2.75) is 26.8 Å². The largest absolute Gasteiger partial charge is 0.352 e. The van der Waals surface area contributed by atoms with Crippen LogP contribution in [-0.4, -0.2) is 17.4 Å². The number of carbonyl (C=O) groups excluding carboxylic acids is 1. The number of aryl methyl sites for hydroxylation is 2. The zero-order valence-corrected chi connectivity index (χ0v) is 15.7. The lowest BCUT2D eigenvalue weighted by Gasteiger charge is -2.29. The molecule has 136 valence electrons. The first-order valence-corrected chi connectivity index (χ1v) is 9.26. The Morgan fingerprint density at radius 2 is 1.81 bits per heavy atom. The first kappa shape index (κ1) is 17.3. The van der Waals surface area contributed by atoms with Gasteiger partial charge in [-0.2, -0.15) is 0 Å². The lowest BCUT2D eigenvalue weighted by molar-refractivity contribution is 0.102. The number of anilines is 2. The standard InChI is InChI=1S/C23H23N3O/c1-16-7-8-21(13-17(16)2)25-23(27)19-9-11-24-22(14-19)26-12-10-18-5-3-4-6-20(18)15-26/h3-9,11,13-14H,10,12,15H2,1-2H3,(H,25,27). The normalized spacial score (nSPS) is 13.2. The third-order valence-corrected chi connectivity index (χ3v) is 5.23. The van der Waals surface area contributed by atoms with Crippen LogP contribution in [-0.2, 0) is 13.0 Å². The van der Waals surface area contributed by atoms with Crippen LogP contribution in [0.3, 0.4) is 0 Å². The van der Waals surface area contributed by atoms with Gasteiger partial charge in [0, 0.05) is 30.5 Å². The maximum atomic E-state index is 12.7. The third-order valence-electron chi connectivity index (χ3n) is 5.23. The smallest absolute Gasteiger partial charge is 0.255 e. The molecule has 27 heavy (non-hydrogen) atoms. The van der Waals surface area contributed by atoms with Gasteiger partial charge in [-0.3, -0.25) is 4.79 Å². The van der Waals surface area contributed by atoms with E-state index in [1.54, 1.807) is 12.3 Å². The lowest BCUT2D eigenvalue weighted by Crippen LogP contribution is -2.31. The number of pyridine rings is 1. The van der Waals surface area contributed by atoms with Crippen LogP contribution < -0.4 is 10.2 Å². The minimum Gasteiger partial charge on any atom is -0.352 e. The van der Waals surface area contributed by atoms with E-state index in [1.807, 2.05) is 31.2 Å². The molecule has 2 heterocycles. The van der Waals surface area contributed by atoms with Crippen molar-refractivity contribution in [2.24, 2.45) is 0 Å². The highest BCUT2D eigenvalue weighted by Gasteiger charge is 2.18. The third kappa shape index (κ3) is 3.70. The molecule has 2 aromatic carbocycles. The monoisotopic (exact) mass is 357 g/mol. The minimum absolute atomic E-state index is 0.112. The minimum atomic E-state index is -0.112. The Balaban J connectivity index is 1.52. The molecule has 0 aliphatic carbocycles. The molecule has 1 aliphatic heterocycles. The number of rotatable bonds is 3. The Bertz CT molecular complexity index is 996. The molecule has 1 aliphatic rings. The molecule has 0 radical (unpaired) electrons. The summed E-state index contributed by atoms with van der Waals surface area (Å²) in [5.41, 5.74) is 6.54. The summed E-state index contributed by atoms with van der Waals surface area (Å²) in [6, 6.07) is 18.1. The van der Waals surface area contributed by atoms with E-state index >= 15 is 0 Å². The highest BCUT2D eigenvalue weighted by molar-refractivity contribution is 6.04. The second-order valence-corrected chi connectivity index (χ2v) is 7.10. The Morgan fingerprint density at radius 3 is 2.63 bits per heavy atom. The number of carbonyl (C=O) groups is 1. The Morgan fingerprint density at radius 1 is 1.00 bits per heavy atom. The molecule has 4 heteroatoms. The zero-order valence-electron chi connectivity index (χ0n) is 15.7. The molecule has 0 saturated carbocycles. The van der Waals surface area contributed by atoms with Crippen molar-refractivity contribution in [1.29, 1.82) is 0 Å². The molecule has 3 aromatic rings. The van der Waals surface area contributed by atoms with E-state index in [-0.39, 0.29) is 5.91 Å². The number of benzene rings is 2. The van der Waals surface area contributed by atoms with E-state index in [0.29, 0.717) is 5.56 Å². The number of amides is 1. The van der Waals surface area contributed by atoms with Crippen LogP contribution in [0.2, 0.25) is 0 Å². The Kier molecular flexibility index (Phi) is 4.63. The predicted octanol–water partition coefficient (Wildman–Crippen LogP) is 4.51. The molecule has 1 N–H and O–H groups in total. The molecule has 0 bridgehead atoms. The highest BCUT2D eigenvalue weighted by atomic mass is 16.1. The topological polar surface area (TPSA) is 45.2 Å². The summed E-state index contributed by atoms with van der Waals surface area (Å²) in [7, 11) is 0. The van der Waals surface area contributed by atoms with Crippen LogP contribution in [0.25, 0.3) is 0 Å². The molecule has 0 atom stereocenters. The van der Waals surface area contributed by atoms with E-state index in [4.69, 9.17) is 0 Å². The molecular formula is C23H23N3O. The summed E-state index contributed by atoms with van der Waals surface area (Å²) >= 11 is 0. The SMILES string of the molecule is Cc1ccc(NC(=O)c2ccnc(N3CCc4ccccc4C3)c2)cc1C. The molecule has 0 spiro atoms. The van der Waals surface area contributed by atoms with Gasteiger partial charge >= 0.3 is 0 Å². The molecule has 4 rings (SSSR count). The van der Waals surface area contributed by atoms with Gasteiger partial charge in [0.2, 0.25) is 0 Å². The Hall–Kier alpha value is -3.14. The molecule has 0 saturated heterocycles. The molecule has 0 fully saturated rings. The summed E-state index contributed by atoms with van der Waals surface area (Å²) in [6.45, 7) is 5.84. The van der Waals surface area contributed by atoms with E-state index in [0.717, 1.165) is 36.6 Å². The lowest BCUT2D eigenvalue weighted by atomic mass is 10.00. The second-order valence-electron chi connectivity index (χ2n) is 7.10. The number of hydrogen-bond acceptors (Lipinski definition) is 3. The van der Waals surface area contributed by atoms with E-state index in [1.165, 1.54) is 16.7 Å². The molecule has 0 unspecified atom stereocenters. The summed E-state index contributed by atoms with van der Waals surface area (Å²) in [4.78, 5) is 19.4. The second kappa shape index (κ2) is 7.23. The number of nitrogens with one attached hydrogen (secondary N) is 1. The average molecular weight is 357 g/mol. The number of hydrogen-bond donors (Lipinski definition) is 1. The van der Waals surface area contributed by atoms with Crippen molar-refractivity contribution >= 4 is 17.4 Å². The number of aromatic nitrogens is 1. The van der Waals surface area contributed by atoms with Crippen LogP contribution in [0.1, 0.15) is 32.6 Å². The number of fused-ring (bicyclic) bond motifs is 1. The van der Waals surface area contributed by atoms with Crippen molar-refractivity contribution in [3.8, 4) is 0 Å². The summed E-state index contributed by atoms with van der Waals surface area (Å²) in [5, 5.41) is 2.99. The fourth-order valence-electron chi connectivity index (χ4n) is 3.45. The van der Waals surface area contributed by atoms with Gasteiger partial charge in [-0.15, -0.1) is 0 Å². The van der Waals surface area contributed by atoms with Crippen molar-refractivity contribution in [3.05, 3.63) is 88.6 Å². The quantitative estimate of drug-likeness (QED) is 0.750. The molecule has 1 aromatic heterocycles. The summed E-state index contributed by atoms with van der Waals surface area (Å²) < 4.78 is 0. The fourth-order valence-corrected chi connectivity index (χ4v) is 3.45. The van der Waals surface area contributed by atoms with Gasteiger partial charge < -0.3 is 10.2 Å². The van der Waals surface area contributed by atoms with Crippen molar-refractivity contribution in [1.82, 2.24) is 4.98 Å². The molecular weight excluding hydrogens is 334 g/mol. The summed E-state index contributed by atoms with van der Waals surface area (Å²) in [6.07, 6.45) is 2.71. The van der Waals surface area contributed by atoms with E-state index in [2.05, 4.69) is 46.4 Å². The van der Waals surface area contributed by atoms with Gasteiger partial charge in [-0.25, -0.2) is 4.98 Å². The van der Waals surface area contributed by atoms with E-state index < -0.39 is 0 Å². The molecule has 4 nitrogen and oxygen atoms in total. The van der Waals surface area contributed by atoms with Gasteiger partial charge in [0.15, 0.2) is 0 Å². The van der Waals surface area contributed by atoms with Crippen LogP contribution in [0.5, 0.6) is 0 Å². The van der Waals surface area contributed by atoms with Gasteiger partial charge in [0.1, 0.15) is 5.82 Å². The maximum Gasteiger partial charge on any atom is 0.255 e. The predicted molar refractivity (Wildman–Crippen MR) is 109 cm³/mol. The highest BCUT2D eigenvalue weighted by Crippen LogP contribution is 2.24. The van der Waals surface area contributed by atoms with Crippen LogP contribution in [0, 0.1) is 13.8 Å². The Labute approximate surface area is 159 Å². The zero-order chi connectivity index (χ0) is 18.8. The maximum absolute atomic E-state index is 12.7. The van der Waals surface area contributed by atoms with Crippen molar-refractivity contribution in [3.63, 3.8) is 0 Å². The number of nitrogens with zero attached hydrogens (tertiary/aromatic N) is 2. The van der Waals surface area contributed by atoms with Crippen molar-refractivity contribution in [2.75, 3.05) is 16.8 Å². The van der Waals surface area contributed by atoms with Gasteiger partial charge in [0.25, 0.3) is 5.91 Å². The van der Waals surface area contributed by atoms with Gasteiger partial charge in [-0.05, 0) is 66.8 Å². The molecule has 1 amide bonds. The summed E-state index contributed by atoms with van der Waals surface area (Å²) in [5.74, 6) is 0.733. The van der Waals surface area contributed by atoms with Gasteiger partial charge in [-0.1, -0.05) is 30.3 Å². The van der Waals surface area contributed by atoms with Crippen LogP contribution in [0.15, 0.2) is 60.8 Å².